The van der Waals surface area contributed by atoms with Crippen molar-refractivity contribution in [1.82, 2.24) is 4.90 Å². The summed E-state index contributed by atoms with van der Waals surface area (Å²) in [6, 6.07) is 0.510. The van der Waals surface area contributed by atoms with Gasteiger partial charge in [-0.1, -0.05) is 62.3 Å². The Bertz CT molecular complexity index is 335. The summed E-state index contributed by atoms with van der Waals surface area (Å²) in [5.74, 6) is 0.582. The van der Waals surface area contributed by atoms with Crippen LogP contribution in [0.25, 0.3) is 0 Å². The molecule has 0 aromatic heterocycles. The Morgan fingerprint density at radius 1 is 0.875 bits per heavy atom. The predicted octanol–water partition coefficient (Wildman–Crippen LogP) is 6.58. The van der Waals surface area contributed by atoms with Crippen LogP contribution in [0, 0.1) is 16.7 Å². The first-order valence-electron chi connectivity index (χ1n) is 10.7. The fraction of sp³-hybridized carbons (Fsp3) is 0.955. The highest BCUT2D eigenvalue weighted by atomic mass is 16.1. The molecule has 3 aliphatic rings. The molecular formula is C22H47NO. The third kappa shape index (κ3) is 5.07. The topological polar surface area (TPSA) is 20.3 Å². The van der Waals surface area contributed by atoms with Gasteiger partial charge in [0, 0.05) is 18.5 Å². The van der Waals surface area contributed by atoms with Crippen molar-refractivity contribution in [3.05, 3.63) is 0 Å². The van der Waals surface area contributed by atoms with Gasteiger partial charge in [0.05, 0.1) is 0 Å². The van der Waals surface area contributed by atoms with Gasteiger partial charge in [-0.05, 0) is 56.9 Å². The quantitative estimate of drug-likeness (QED) is 0.565. The van der Waals surface area contributed by atoms with Crippen LogP contribution >= 0.6 is 0 Å². The van der Waals surface area contributed by atoms with Crippen LogP contribution in [0.5, 0.6) is 0 Å². The number of hydrogen-bond acceptors (Lipinski definition) is 2. The van der Waals surface area contributed by atoms with Gasteiger partial charge in [-0.15, -0.1) is 0 Å². The Hall–Kier alpha value is -0.370. The van der Waals surface area contributed by atoms with Crippen LogP contribution in [0.2, 0.25) is 0 Å². The van der Waals surface area contributed by atoms with E-state index in [1.165, 1.54) is 38.6 Å². The largest absolute Gasteiger partial charge is 0.302 e. The molecule has 146 valence electrons. The summed E-state index contributed by atoms with van der Waals surface area (Å²) < 4.78 is 0. The van der Waals surface area contributed by atoms with Gasteiger partial charge in [-0.3, -0.25) is 4.79 Å². The Balaban J connectivity index is 0. The molecule has 0 radical (unpaired) electrons. The van der Waals surface area contributed by atoms with Gasteiger partial charge in [0.25, 0.3) is 0 Å². The standard InChI is InChI=1S/C14H23NO.4C2H6/c1-10(11(2)16)12-8-14(9-15(12)3)7-6-13(14)4-5-13;4*1-2/h10,12H,4-9H2,1-3H3;4*1-2H3/t10-,12?,14?;;;;/m0..../s1. The highest BCUT2D eigenvalue weighted by Gasteiger charge is 2.68. The zero-order chi connectivity index (χ0) is 19.6. The Morgan fingerprint density at radius 2 is 1.25 bits per heavy atom. The summed E-state index contributed by atoms with van der Waals surface area (Å²) >= 11 is 0. The first-order valence-corrected chi connectivity index (χ1v) is 10.7. The molecule has 0 aromatic carbocycles. The SMILES string of the molecule is CC.CC.CC.CC.CC(=O)[C@H](C)C1CC2(CCC23CC3)CN1C. The molecule has 1 saturated heterocycles. The maximum absolute atomic E-state index is 11.5. The number of Topliss-reactive ketones (excluding diaryl/α,β-unsaturated/α-hetero) is 1. The van der Waals surface area contributed by atoms with E-state index in [-0.39, 0.29) is 5.92 Å². The summed E-state index contributed by atoms with van der Waals surface area (Å²) in [6.45, 7) is 21.1. The van der Waals surface area contributed by atoms with Crippen LogP contribution in [0.3, 0.4) is 0 Å². The lowest BCUT2D eigenvalue weighted by Crippen LogP contribution is -2.43. The molecule has 2 saturated carbocycles. The average Bonchev–Trinajstić information content (AvgIpc) is 3.40. The molecule has 1 aliphatic heterocycles. The zero-order valence-electron chi connectivity index (χ0n) is 18.8. The summed E-state index contributed by atoms with van der Waals surface area (Å²) in [4.78, 5) is 14.0. The summed E-state index contributed by atoms with van der Waals surface area (Å²) in [6.07, 6.45) is 7.08. The van der Waals surface area contributed by atoms with Crippen molar-refractivity contribution in [3.8, 4) is 0 Å². The first kappa shape index (κ1) is 25.9. The van der Waals surface area contributed by atoms with E-state index in [1.807, 2.05) is 55.4 Å². The van der Waals surface area contributed by atoms with E-state index in [4.69, 9.17) is 0 Å². The summed E-state index contributed by atoms with van der Waals surface area (Å²) in [5, 5.41) is 0. The van der Waals surface area contributed by atoms with Crippen LogP contribution in [-0.2, 0) is 4.79 Å². The minimum Gasteiger partial charge on any atom is -0.302 e. The van der Waals surface area contributed by atoms with E-state index in [0.717, 1.165) is 5.41 Å². The molecule has 2 unspecified atom stereocenters. The van der Waals surface area contributed by atoms with E-state index in [0.29, 0.717) is 17.2 Å². The maximum Gasteiger partial charge on any atom is 0.134 e. The number of fused-ring (bicyclic) bond motifs is 1. The average molecular weight is 342 g/mol. The molecule has 0 bridgehead atoms. The molecule has 2 heteroatoms. The first-order chi connectivity index (χ1) is 11.5. The fourth-order valence-electron chi connectivity index (χ4n) is 4.37. The van der Waals surface area contributed by atoms with Gasteiger partial charge in [0.2, 0.25) is 0 Å². The predicted molar refractivity (Wildman–Crippen MR) is 110 cm³/mol. The second kappa shape index (κ2) is 12.1. The van der Waals surface area contributed by atoms with Gasteiger partial charge >= 0.3 is 0 Å². The number of likely N-dealkylation sites (tertiary alicyclic amines) is 1. The Kier molecular flexibility index (Phi) is 13.0. The van der Waals surface area contributed by atoms with Crippen LogP contribution in [-0.4, -0.2) is 30.3 Å². The smallest absolute Gasteiger partial charge is 0.134 e. The lowest BCUT2D eigenvalue weighted by atomic mass is 9.56. The number of carbonyl (C=O) groups excluding carboxylic acids is 1. The normalized spacial score (nSPS) is 29.2. The fourth-order valence-corrected chi connectivity index (χ4v) is 4.37. The molecule has 24 heavy (non-hydrogen) atoms. The second-order valence-electron chi connectivity index (χ2n) is 6.65. The van der Waals surface area contributed by atoms with Crippen molar-refractivity contribution >= 4 is 5.78 Å². The van der Waals surface area contributed by atoms with Crippen molar-refractivity contribution in [2.45, 2.75) is 107 Å². The highest BCUT2D eigenvalue weighted by molar-refractivity contribution is 5.78. The molecule has 2 aliphatic carbocycles. The third-order valence-electron chi connectivity index (χ3n) is 6.00. The molecular weight excluding hydrogens is 294 g/mol. The lowest BCUT2D eigenvalue weighted by molar-refractivity contribution is -0.121. The van der Waals surface area contributed by atoms with Gasteiger partial charge in [0.1, 0.15) is 5.78 Å². The lowest BCUT2D eigenvalue weighted by Gasteiger charge is -2.48. The van der Waals surface area contributed by atoms with Gasteiger partial charge < -0.3 is 4.90 Å². The number of hydrogen-bond donors (Lipinski definition) is 0. The van der Waals surface area contributed by atoms with Gasteiger partial charge in [-0.25, -0.2) is 0 Å². The summed E-state index contributed by atoms with van der Waals surface area (Å²) in [7, 11) is 2.22. The molecule has 3 atom stereocenters. The molecule has 0 aromatic rings. The van der Waals surface area contributed by atoms with Crippen molar-refractivity contribution in [2.24, 2.45) is 16.7 Å². The minimum atomic E-state index is 0.223. The Morgan fingerprint density at radius 3 is 1.54 bits per heavy atom. The van der Waals surface area contributed by atoms with Crippen molar-refractivity contribution in [3.63, 3.8) is 0 Å². The van der Waals surface area contributed by atoms with Crippen LogP contribution in [0.1, 0.15) is 101 Å². The van der Waals surface area contributed by atoms with E-state index in [1.54, 1.807) is 6.92 Å². The van der Waals surface area contributed by atoms with Crippen LogP contribution in [0.4, 0.5) is 0 Å². The van der Waals surface area contributed by atoms with Crippen molar-refractivity contribution in [2.75, 3.05) is 13.6 Å². The molecule has 2 spiro atoms. The zero-order valence-corrected chi connectivity index (χ0v) is 18.8. The minimum absolute atomic E-state index is 0.223. The van der Waals surface area contributed by atoms with E-state index < -0.39 is 0 Å². The van der Waals surface area contributed by atoms with Crippen molar-refractivity contribution < 1.29 is 4.79 Å². The molecule has 3 rings (SSSR count). The number of nitrogens with zero attached hydrogens (tertiary/aromatic N) is 1. The molecule has 0 amide bonds. The monoisotopic (exact) mass is 341 g/mol. The molecule has 1 heterocycles. The van der Waals surface area contributed by atoms with Gasteiger partial charge in [0.15, 0.2) is 0 Å². The maximum atomic E-state index is 11.5. The highest BCUT2D eigenvalue weighted by Crippen LogP contribution is 2.74. The van der Waals surface area contributed by atoms with E-state index in [9.17, 15) is 4.79 Å². The van der Waals surface area contributed by atoms with Crippen LogP contribution in [0.15, 0.2) is 0 Å². The summed E-state index contributed by atoms with van der Waals surface area (Å²) in [5.41, 5.74) is 1.34. The molecule has 0 N–H and O–H groups in total. The van der Waals surface area contributed by atoms with Crippen LogP contribution < -0.4 is 0 Å². The number of carbonyl (C=O) groups is 1. The molecule has 3 fully saturated rings. The van der Waals surface area contributed by atoms with Crippen molar-refractivity contribution in [1.29, 1.82) is 0 Å². The van der Waals surface area contributed by atoms with E-state index >= 15 is 0 Å². The number of rotatable bonds is 2. The Labute approximate surface area is 153 Å². The van der Waals surface area contributed by atoms with E-state index in [2.05, 4.69) is 18.9 Å². The molecule has 2 nitrogen and oxygen atoms in total. The van der Waals surface area contributed by atoms with Gasteiger partial charge in [-0.2, -0.15) is 0 Å². The number of ketones is 1. The third-order valence-corrected chi connectivity index (χ3v) is 6.00. The second-order valence-corrected chi connectivity index (χ2v) is 6.65.